The molecule has 0 N–H and O–H groups in total. The van der Waals surface area contributed by atoms with Gasteiger partial charge in [-0.1, -0.05) is 20.4 Å². The van der Waals surface area contributed by atoms with Crippen LogP contribution in [0.4, 0.5) is 0 Å². The molecule has 1 heterocycles. The van der Waals surface area contributed by atoms with Gasteiger partial charge >= 0.3 is 11.9 Å². The Bertz CT molecular complexity index is 945. The fourth-order valence-corrected chi connectivity index (χ4v) is 10.4. The van der Waals surface area contributed by atoms with E-state index in [1.54, 1.807) is 0 Å². The summed E-state index contributed by atoms with van der Waals surface area (Å²) in [5.41, 5.74) is 0.446. The van der Waals surface area contributed by atoms with E-state index in [0.29, 0.717) is 18.3 Å². The fourth-order valence-electron chi connectivity index (χ4n) is 10.4. The first kappa shape index (κ1) is 20.9. The number of nitrogens with zero attached hydrogens (tertiary/aromatic N) is 1. The number of ketones is 1. The third-order valence-electron chi connectivity index (χ3n) is 10.9. The highest BCUT2D eigenvalue weighted by molar-refractivity contribution is 5.87. The van der Waals surface area contributed by atoms with E-state index in [9.17, 15) is 14.4 Å². The highest BCUT2D eigenvalue weighted by atomic mass is 16.5. The predicted molar refractivity (Wildman–Crippen MR) is 116 cm³/mol. The van der Waals surface area contributed by atoms with Crippen molar-refractivity contribution in [2.24, 2.45) is 39.9 Å². The van der Waals surface area contributed by atoms with Crippen LogP contribution in [0.5, 0.6) is 0 Å². The van der Waals surface area contributed by atoms with Gasteiger partial charge in [-0.05, 0) is 61.0 Å². The smallest absolute Gasteiger partial charge is 0.303 e. The average Bonchev–Trinajstić information content (AvgIpc) is 3.24. The summed E-state index contributed by atoms with van der Waals surface area (Å²) in [6.07, 6.45) is 3.62. The lowest BCUT2D eigenvalue weighted by molar-refractivity contribution is -0.224. The van der Waals surface area contributed by atoms with Crippen molar-refractivity contribution in [3.8, 4) is 0 Å². The average molecular weight is 442 g/mol. The second kappa shape index (κ2) is 6.25. The zero-order valence-electron chi connectivity index (χ0n) is 19.7. The number of carbonyl (C=O) groups excluding carboxylic acids is 3. The topological polar surface area (TPSA) is 72.9 Å². The van der Waals surface area contributed by atoms with Crippen LogP contribution in [0, 0.1) is 39.9 Å². The minimum Gasteiger partial charge on any atom is -0.462 e. The van der Waals surface area contributed by atoms with E-state index >= 15 is 0 Å². The molecule has 0 radical (unpaired) electrons. The van der Waals surface area contributed by atoms with E-state index in [1.165, 1.54) is 13.8 Å². The van der Waals surface area contributed by atoms with Crippen molar-refractivity contribution in [2.75, 3.05) is 13.1 Å². The second-order valence-corrected chi connectivity index (χ2v) is 11.8. The van der Waals surface area contributed by atoms with Crippen LogP contribution in [0.15, 0.2) is 12.2 Å². The molecule has 1 aliphatic heterocycles. The third kappa shape index (κ3) is 2.10. The summed E-state index contributed by atoms with van der Waals surface area (Å²) in [6.45, 7) is 13.9. The maximum absolute atomic E-state index is 13.4. The molecule has 174 valence electrons. The number of hydrogen-bond acceptors (Lipinski definition) is 6. The van der Waals surface area contributed by atoms with Gasteiger partial charge in [0.25, 0.3) is 0 Å². The molecule has 7 bridgehead atoms. The van der Waals surface area contributed by atoms with Crippen molar-refractivity contribution in [2.45, 2.75) is 78.0 Å². The summed E-state index contributed by atoms with van der Waals surface area (Å²) in [6, 6.07) is 0.260. The van der Waals surface area contributed by atoms with Gasteiger partial charge in [0, 0.05) is 49.6 Å². The van der Waals surface area contributed by atoms with Crippen LogP contribution in [-0.2, 0) is 23.9 Å². The first-order chi connectivity index (χ1) is 15.1. The number of carbonyl (C=O) groups is 3. The Morgan fingerprint density at radius 3 is 2.56 bits per heavy atom. The van der Waals surface area contributed by atoms with Gasteiger partial charge in [0.2, 0.25) is 0 Å². The normalized spacial score (nSPS) is 52.7. The zero-order valence-corrected chi connectivity index (χ0v) is 19.7. The van der Waals surface area contributed by atoms with Crippen LogP contribution in [0.2, 0.25) is 0 Å². The van der Waals surface area contributed by atoms with Gasteiger partial charge in [-0.2, -0.15) is 0 Å². The lowest BCUT2D eigenvalue weighted by atomic mass is 9.43. The number of fused-ring (bicyclic) bond motifs is 1. The van der Waals surface area contributed by atoms with Gasteiger partial charge < -0.3 is 9.47 Å². The summed E-state index contributed by atoms with van der Waals surface area (Å²) in [4.78, 5) is 40.5. The first-order valence-corrected chi connectivity index (χ1v) is 12.4. The zero-order chi connectivity index (χ0) is 22.8. The number of esters is 2. The van der Waals surface area contributed by atoms with Crippen LogP contribution in [-0.4, -0.2) is 54.0 Å². The predicted octanol–water partition coefficient (Wildman–Crippen LogP) is 3.14. The van der Waals surface area contributed by atoms with Crippen LogP contribution < -0.4 is 0 Å². The molecule has 0 aromatic rings. The molecule has 6 aliphatic rings. The molecule has 1 saturated heterocycles. The molecular weight excluding hydrogens is 406 g/mol. The van der Waals surface area contributed by atoms with Crippen LogP contribution >= 0.6 is 0 Å². The molecule has 6 heteroatoms. The Balaban J connectivity index is 1.59. The van der Waals surface area contributed by atoms with Gasteiger partial charge in [-0.15, -0.1) is 0 Å². The van der Waals surface area contributed by atoms with Gasteiger partial charge in [-0.3, -0.25) is 19.3 Å². The van der Waals surface area contributed by atoms with E-state index in [1.807, 2.05) is 0 Å². The minimum atomic E-state index is -0.405. The third-order valence-corrected chi connectivity index (χ3v) is 10.9. The number of ether oxygens (including phenoxy) is 2. The lowest BCUT2D eigenvalue weighted by Crippen LogP contribution is -2.69. The van der Waals surface area contributed by atoms with Gasteiger partial charge in [-0.25, -0.2) is 0 Å². The van der Waals surface area contributed by atoms with E-state index in [0.717, 1.165) is 44.3 Å². The number of rotatable bonds is 3. The van der Waals surface area contributed by atoms with Crippen molar-refractivity contribution in [1.82, 2.24) is 4.90 Å². The summed E-state index contributed by atoms with van der Waals surface area (Å²) >= 11 is 0. The second-order valence-electron chi connectivity index (χ2n) is 11.8. The summed E-state index contributed by atoms with van der Waals surface area (Å²) in [7, 11) is 0. The summed E-state index contributed by atoms with van der Waals surface area (Å²) in [5, 5.41) is 0. The van der Waals surface area contributed by atoms with Crippen molar-refractivity contribution in [1.29, 1.82) is 0 Å². The molecule has 6 rings (SSSR count). The maximum atomic E-state index is 13.4. The van der Waals surface area contributed by atoms with Crippen LogP contribution in [0.3, 0.4) is 0 Å². The molecular formula is C26H35NO5. The molecule has 5 aliphatic carbocycles. The Morgan fingerprint density at radius 1 is 1.19 bits per heavy atom. The molecule has 5 saturated carbocycles. The molecule has 6 nitrogen and oxygen atoms in total. The highest BCUT2D eigenvalue weighted by Crippen LogP contribution is 2.83. The molecule has 0 aromatic carbocycles. The lowest BCUT2D eigenvalue weighted by Gasteiger charge is -2.65. The Kier molecular flexibility index (Phi) is 4.08. The van der Waals surface area contributed by atoms with Crippen molar-refractivity contribution < 1.29 is 23.9 Å². The Morgan fingerprint density at radius 2 is 1.91 bits per heavy atom. The highest BCUT2D eigenvalue weighted by Gasteiger charge is 2.86. The molecule has 0 unspecified atom stereocenters. The van der Waals surface area contributed by atoms with Crippen molar-refractivity contribution in [3.63, 3.8) is 0 Å². The fraction of sp³-hybridized carbons (Fsp3) is 0.808. The molecule has 0 aromatic heterocycles. The molecule has 6 fully saturated rings. The van der Waals surface area contributed by atoms with Crippen LogP contribution in [0.1, 0.15) is 59.8 Å². The molecule has 10 atom stereocenters. The van der Waals surface area contributed by atoms with Gasteiger partial charge in [0.05, 0.1) is 0 Å². The van der Waals surface area contributed by atoms with E-state index in [-0.39, 0.29) is 57.9 Å². The number of piperidine rings is 1. The molecule has 32 heavy (non-hydrogen) atoms. The van der Waals surface area contributed by atoms with E-state index < -0.39 is 6.10 Å². The Labute approximate surface area is 190 Å². The van der Waals surface area contributed by atoms with Gasteiger partial charge in [0.15, 0.2) is 0 Å². The minimum absolute atomic E-state index is 0.0643. The van der Waals surface area contributed by atoms with Crippen molar-refractivity contribution >= 4 is 17.7 Å². The standard InChI is InChI=1S/C26H35NO5/c1-6-27-12-24(5)8-7-21(31-14(3)28)26-19(24)9-17(22(26)27)25-11-16(18(30)10-20(25)26)13(2)23(25)32-15(4)29/h16-17,19-23H,2,6-12H2,1,3-5H3/t16-,17-,19-,20-,21-,22+,23+,24-,25-,26-/m0/s1. The van der Waals surface area contributed by atoms with E-state index in [2.05, 4.69) is 25.3 Å². The monoisotopic (exact) mass is 441 g/mol. The van der Waals surface area contributed by atoms with Crippen LogP contribution in [0.25, 0.3) is 0 Å². The largest absolute Gasteiger partial charge is 0.462 e. The summed E-state index contributed by atoms with van der Waals surface area (Å²) < 4.78 is 12.2. The quantitative estimate of drug-likeness (QED) is 0.495. The number of likely N-dealkylation sites (tertiary alicyclic amines) is 1. The Hall–Kier alpha value is -1.69. The van der Waals surface area contributed by atoms with Gasteiger partial charge in [0.1, 0.15) is 18.0 Å². The summed E-state index contributed by atoms with van der Waals surface area (Å²) in [5.74, 6) is 0.322. The number of hydrogen-bond donors (Lipinski definition) is 0. The van der Waals surface area contributed by atoms with E-state index in [4.69, 9.17) is 9.47 Å². The first-order valence-electron chi connectivity index (χ1n) is 12.4. The van der Waals surface area contributed by atoms with Crippen molar-refractivity contribution in [3.05, 3.63) is 12.2 Å². The molecule has 2 spiro atoms. The molecule has 0 amide bonds. The maximum Gasteiger partial charge on any atom is 0.303 e. The SMILES string of the molecule is C=C1[C@@H]2C[C@]3([C@@H]1OC(C)=O)[C@H]1C[C@H]4[C@@]5(C)CC[C@H](OC(C)=O)[C@@]4([C@@H]1N(CC)C5)[C@H]3CC2=O. The number of Topliss-reactive ketones (excluding diaryl/α,β-unsaturated/α-hetero) is 1.